The van der Waals surface area contributed by atoms with Gasteiger partial charge in [-0.15, -0.1) is 0 Å². The van der Waals surface area contributed by atoms with Crippen LogP contribution in [0.2, 0.25) is 0 Å². The SMILES string of the molecule is C[C@H](CN1C(=O)CC[C@@H]1CCNCc1ccncc1)c1ccccc1. The average Bonchev–Trinajstić information content (AvgIpc) is 3.00. The number of carbonyl (C=O) groups is 1. The Hall–Kier alpha value is -2.20. The van der Waals surface area contributed by atoms with Crippen molar-refractivity contribution in [2.75, 3.05) is 13.1 Å². The monoisotopic (exact) mass is 337 g/mol. The van der Waals surface area contributed by atoms with Crippen molar-refractivity contribution in [3.63, 3.8) is 0 Å². The van der Waals surface area contributed by atoms with Gasteiger partial charge in [0.2, 0.25) is 5.91 Å². The fraction of sp³-hybridized carbons (Fsp3) is 0.429. The lowest BCUT2D eigenvalue weighted by atomic mass is 10.00. The van der Waals surface area contributed by atoms with Crippen LogP contribution in [0.4, 0.5) is 0 Å². The van der Waals surface area contributed by atoms with Gasteiger partial charge in [-0.25, -0.2) is 0 Å². The molecule has 0 unspecified atom stereocenters. The fourth-order valence-electron chi connectivity index (χ4n) is 3.53. The van der Waals surface area contributed by atoms with E-state index in [9.17, 15) is 4.79 Å². The number of amides is 1. The predicted octanol–water partition coefficient (Wildman–Crippen LogP) is 3.36. The van der Waals surface area contributed by atoms with Gasteiger partial charge in [0.1, 0.15) is 0 Å². The Kier molecular flexibility index (Phi) is 6.18. The summed E-state index contributed by atoms with van der Waals surface area (Å²) in [6, 6.07) is 14.9. The lowest BCUT2D eigenvalue weighted by Crippen LogP contribution is -2.37. The van der Waals surface area contributed by atoms with Crippen LogP contribution in [0.15, 0.2) is 54.9 Å². The van der Waals surface area contributed by atoms with Crippen LogP contribution < -0.4 is 5.32 Å². The van der Waals surface area contributed by atoms with E-state index in [-0.39, 0.29) is 0 Å². The molecule has 1 fully saturated rings. The van der Waals surface area contributed by atoms with Crippen molar-refractivity contribution < 1.29 is 4.79 Å². The molecule has 1 aromatic carbocycles. The Morgan fingerprint density at radius 3 is 2.72 bits per heavy atom. The van der Waals surface area contributed by atoms with E-state index in [0.29, 0.717) is 24.3 Å². The van der Waals surface area contributed by atoms with Gasteiger partial charge in [0.15, 0.2) is 0 Å². The normalized spacial score (nSPS) is 18.5. The van der Waals surface area contributed by atoms with Gasteiger partial charge in [-0.1, -0.05) is 37.3 Å². The molecule has 2 aromatic rings. The second kappa shape index (κ2) is 8.77. The van der Waals surface area contributed by atoms with Gasteiger partial charge < -0.3 is 10.2 Å². The van der Waals surface area contributed by atoms with Gasteiger partial charge in [-0.05, 0) is 48.6 Å². The summed E-state index contributed by atoms with van der Waals surface area (Å²) in [4.78, 5) is 18.4. The van der Waals surface area contributed by atoms with Crippen LogP contribution in [0.5, 0.6) is 0 Å². The second-order valence-electron chi connectivity index (χ2n) is 6.87. The molecule has 1 aliphatic rings. The average molecular weight is 337 g/mol. The molecule has 1 saturated heterocycles. The third-order valence-corrected chi connectivity index (χ3v) is 5.02. The van der Waals surface area contributed by atoms with Gasteiger partial charge >= 0.3 is 0 Å². The standard InChI is InChI=1S/C21H27N3O/c1-17(19-5-3-2-4-6-19)16-24-20(7-8-21(24)25)11-14-23-15-18-9-12-22-13-10-18/h2-6,9-10,12-13,17,20,23H,7-8,11,14-16H2,1H3/t17-,20-/m1/s1. The molecular formula is C21H27N3O. The number of benzene rings is 1. The van der Waals surface area contributed by atoms with Crippen LogP contribution in [0.3, 0.4) is 0 Å². The highest BCUT2D eigenvalue weighted by Crippen LogP contribution is 2.25. The summed E-state index contributed by atoms with van der Waals surface area (Å²) in [5.41, 5.74) is 2.55. The first-order valence-corrected chi connectivity index (χ1v) is 9.18. The maximum Gasteiger partial charge on any atom is 0.222 e. The van der Waals surface area contributed by atoms with E-state index in [0.717, 1.165) is 32.5 Å². The van der Waals surface area contributed by atoms with Gasteiger partial charge in [0.05, 0.1) is 0 Å². The van der Waals surface area contributed by atoms with E-state index >= 15 is 0 Å². The highest BCUT2D eigenvalue weighted by molar-refractivity contribution is 5.78. The molecule has 0 bridgehead atoms. The number of rotatable bonds is 8. The minimum absolute atomic E-state index is 0.307. The zero-order valence-electron chi connectivity index (χ0n) is 14.9. The molecule has 1 N–H and O–H groups in total. The van der Waals surface area contributed by atoms with E-state index in [1.165, 1.54) is 11.1 Å². The Balaban J connectivity index is 1.48. The largest absolute Gasteiger partial charge is 0.339 e. The van der Waals surface area contributed by atoms with Crippen molar-refractivity contribution in [3.05, 3.63) is 66.0 Å². The van der Waals surface area contributed by atoms with Gasteiger partial charge in [0.25, 0.3) is 0 Å². The number of likely N-dealkylation sites (tertiary alicyclic amines) is 1. The maximum atomic E-state index is 12.3. The van der Waals surface area contributed by atoms with Gasteiger partial charge in [-0.3, -0.25) is 9.78 Å². The highest BCUT2D eigenvalue weighted by atomic mass is 16.2. The zero-order valence-corrected chi connectivity index (χ0v) is 14.9. The quantitative estimate of drug-likeness (QED) is 0.751. The number of pyridine rings is 1. The highest BCUT2D eigenvalue weighted by Gasteiger charge is 2.31. The van der Waals surface area contributed by atoms with E-state index in [1.54, 1.807) is 0 Å². The molecule has 1 aliphatic heterocycles. The lowest BCUT2D eigenvalue weighted by Gasteiger charge is -2.28. The van der Waals surface area contributed by atoms with Crippen molar-refractivity contribution in [1.82, 2.24) is 15.2 Å². The fourth-order valence-corrected chi connectivity index (χ4v) is 3.53. The maximum absolute atomic E-state index is 12.3. The molecule has 4 heteroatoms. The summed E-state index contributed by atoms with van der Waals surface area (Å²) in [6.45, 7) is 4.80. The molecule has 132 valence electrons. The summed E-state index contributed by atoms with van der Waals surface area (Å²) in [5, 5.41) is 3.48. The molecule has 2 atom stereocenters. The summed E-state index contributed by atoms with van der Waals surface area (Å²) in [7, 11) is 0. The van der Waals surface area contributed by atoms with E-state index in [4.69, 9.17) is 0 Å². The van der Waals surface area contributed by atoms with Crippen molar-refractivity contribution in [3.8, 4) is 0 Å². The molecule has 0 saturated carbocycles. The van der Waals surface area contributed by atoms with E-state index < -0.39 is 0 Å². The van der Waals surface area contributed by atoms with E-state index in [2.05, 4.69) is 46.4 Å². The second-order valence-corrected chi connectivity index (χ2v) is 6.87. The molecule has 1 amide bonds. The molecule has 0 spiro atoms. The number of carbonyl (C=O) groups excluding carboxylic acids is 1. The van der Waals surface area contributed by atoms with Crippen LogP contribution in [0, 0.1) is 0 Å². The number of nitrogens with zero attached hydrogens (tertiary/aromatic N) is 2. The molecule has 3 rings (SSSR count). The first kappa shape index (κ1) is 17.6. The third-order valence-electron chi connectivity index (χ3n) is 5.02. The van der Waals surface area contributed by atoms with Crippen LogP contribution in [-0.2, 0) is 11.3 Å². The summed E-state index contributed by atoms with van der Waals surface area (Å²) in [6.07, 6.45) is 6.32. The van der Waals surface area contributed by atoms with Crippen molar-refractivity contribution in [1.29, 1.82) is 0 Å². The van der Waals surface area contributed by atoms with Crippen LogP contribution >= 0.6 is 0 Å². The van der Waals surface area contributed by atoms with Crippen molar-refractivity contribution >= 4 is 5.91 Å². The van der Waals surface area contributed by atoms with Crippen LogP contribution in [-0.4, -0.2) is 34.9 Å². The molecule has 2 heterocycles. The molecule has 4 nitrogen and oxygen atoms in total. The Morgan fingerprint density at radius 1 is 1.20 bits per heavy atom. The predicted molar refractivity (Wildman–Crippen MR) is 100 cm³/mol. The topological polar surface area (TPSA) is 45.2 Å². The molecule has 0 radical (unpaired) electrons. The van der Waals surface area contributed by atoms with E-state index in [1.807, 2.05) is 30.6 Å². The lowest BCUT2D eigenvalue weighted by molar-refractivity contribution is -0.129. The zero-order chi connectivity index (χ0) is 17.5. The Bertz CT molecular complexity index is 659. The summed E-state index contributed by atoms with van der Waals surface area (Å²) >= 11 is 0. The minimum atomic E-state index is 0.307. The first-order chi connectivity index (χ1) is 12.2. The molecule has 0 aliphatic carbocycles. The Labute approximate surface area is 150 Å². The number of nitrogens with one attached hydrogen (secondary N) is 1. The van der Waals surface area contributed by atoms with Crippen LogP contribution in [0.25, 0.3) is 0 Å². The molecule has 25 heavy (non-hydrogen) atoms. The molecule has 1 aromatic heterocycles. The number of hydrogen-bond acceptors (Lipinski definition) is 3. The third kappa shape index (κ3) is 4.89. The summed E-state index contributed by atoms with van der Waals surface area (Å²) < 4.78 is 0. The Morgan fingerprint density at radius 2 is 1.96 bits per heavy atom. The smallest absolute Gasteiger partial charge is 0.222 e. The number of aromatic nitrogens is 1. The van der Waals surface area contributed by atoms with Crippen molar-refractivity contribution in [2.24, 2.45) is 0 Å². The minimum Gasteiger partial charge on any atom is -0.339 e. The summed E-state index contributed by atoms with van der Waals surface area (Å²) in [5.74, 6) is 0.678. The van der Waals surface area contributed by atoms with Gasteiger partial charge in [-0.2, -0.15) is 0 Å². The number of hydrogen-bond donors (Lipinski definition) is 1. The van der Waals surface area contributed by atoms with Crippen LogP contribution in [0.1, 0.15) is 43.2 Å². The molecular weight excluding hydrogens is 310 g/mol. The van der Waals surface area contributed by atoms with Crippen molar-refractivity contribution in [2.45, 2.75) is 44.7 Å². The first-order valence-electron chi connectivity index (χ1n) is 9.18. The van der Waals surface area contributed by atoms with Gasteiger partial charge in [0, 0.05) is 37.9 Å².